The van der Waals surface area contributed by atoms with Gasteiger partial charge in [-0.3, -0.25) is 0 Å². The molecule has 0 saturated heterocycles. The molecule has 4 nitrogen and oxygen atoms in total. The molecular weight excluding hydrogens is 184 g/mol. The van der Waals surface area contributed by atoms with E-state index in [1.54, 1.807) is 12.2 Å². The average molecular weight is 194 g/mol. The predicted molar refractivity (Wildman–Crippen MR) is 47.3 cm³/mol. The Morgan fingerprint density at radius 2 is 1.36 bits per heavy atom. The van der Waals surface area contributed by atoms with Gasteiger partial charge in [0.05, 0.1) is 0 Å². The first-order valence-corrected chi connectivity index (χ1v) is 4.50. The number of hydrogen-bond donors (Lipinski definition) is 0. The van der Waals surface area contributed by atoms with E-state index in [-0.39, 0.29) is 24.1 Å². The molecule has 0 aromatic carbocycles. The highest BCUT2D eigenvalue weighted by Crippen LogP contribution is 2.19. The van der Waals surface area contributed by atoms with Gasteiger partial charge in [-0.1, -0.05) is 12.2 Å². The highest BCUT2D eigenvalue weighted by Gasteiger charge is 2.29. The highest BCUT2D eigenvalue weighted by atomic mass is 16.6. The van der Waals surface area contributed by atoms with E-state index in [1.807, 2.05) is 0 Å². The van der Waals surface area contributed by atoms with Gasteiger partial charge in [0, 0.05) is 25.0 Å². The lowest BCUT2D eigenvalue weighted by Gasteiger charge is -2.28. The lowest BCUT2D eigenvalue weighted by molar-refractivity contribution is -0.163. The van der Waals surface area contributed by atoms with Gasteiger partial charge >= 0.3 is 11.9 Å². The second-order valence-electron chi connectivity index (χ2n) is 3.23. The summed E-state index contributed by atoms with van der Waals surface area (Å²) in [5, 5.41) is 0. The Labute approximate surface area is 81.2 Å². The number of esters is 2. The van der Waals surface area contributed by atoms with Crippen molar-refractivity contribution >= 4 is 11.9 Å². The Hall–Kier alpha value is -1.58. The maximum atomic E-state index is 10.9. The van der Waals surface area contributed by atoms with E-state index < -0.39 is 0 Å². The van der Waals surface area contributed by atoms with Crippen molar-refractivity contribution in [2.45, 2.75) is 25.0 Å². The zero-order chi connectivity index (χ0) is 9.97. The van der Waals surface area contributed by atoms with Crippen molar-refractivity contribution in [3.05, 3.63) is 24.3 Å². The van der Waals surface area contributed by atoms with Crippen LogP contribution in [0.3, 0.4) is 0 Å². The molecule has 14 heavy (non-hydrogen) atoms. The van der Waals surface area contributed by atoms with Gasteiger partial charge in [0.15, 0.2) is 0 Å². The monoisotopic (exact) mass is 194 g/mol. The number of rotatable bonds is 1. The van der Waals surface area contributed by atoms with Gasteiger partial charge in [-0.25, -0.2) is 9.59 Å². The van der Waals surface area contributed by atoms with Crippen molar-refractivity contribution in [1.82, 2.24) is 0 Å². The Bertz CT molecular complexity index is 284. The third kappa shape index (κ3) is 1.84. The number of cyclic esters (lactones) is 2. The van der Waals surface area contributed by atoms with Gasteiger partial charge in [-0.15, -0.1) is 0 Å². The smallest absolute Gasteiger partial charge is 0.330 e. The largest absolute Gasteiger partial charge is 0.455 e. The van der Waals surface area contributed by atoms with E-state index in [2.05, 4.69) is 0 Å². The number of ether oxygens (including phenoxy) is 2. The van der Waals surface area contributed by atoms with E-state index in [0.717, 1.165) is 0 Å². The molecule has 4 heteroatoms. The maximum absolute atomic E-state index is 10.9. The summed E-state index contributed by atoms with van der Waals surface area (Å²) in [6.45, 7) is 0. The van der Waals surface area contributed by atoms with Gasteiger partial charge in [-0.05, 0) is 0 Å². The van der Waals surface area contributed by atoms with Crippen LogP contribution in [0.25, 0.3) is 0 Å². The Balaban J connectivity index is 2.02. The van der Waals surface area contributed by atoms with Crippen molar-refractivity contribution in [1.29, 1.82) is 0 Å². The Morgan fingerprint density at radius 1 is 0.929 bits per heavy atom. The summed E-state index contributed by atoms with van der Waals surface area (Å²) in [4.78, 5) is 21.9. The molecule has 0 spiro atoms. The van der Waals surface area contributed by atoms with Crippen LogP contribution in [0.4, 0.5) is 0 Å². The van der Waals surface area contributed by atoms with Crippen molar-refractivity contribution in [2.24, 2.45) is 0 Å². The molecule has 0 aliphatic carbocycles. The van der Waals surface area contributed by atoms with E-state index in [9.17, 15) is 9.59 Å². The number of carbonyl (C=O) groups is 2. The molecule has 0 bridgehead atoms. The fourth-order valence-electron chi connectivity index (χ4n) is 1.53. The summed E-state index contributed by atoms with van der Waals surface area (Å²) in [5.41, 5.74) is 0. The molecule has 2 rings (SSSR count). The van der Waals surface area contributed by atoms with Crippen LogP contribution in [-0.2, 0) is 19.1 Å². The molecular formula is C10H10O4. The highest BCUT2D eigenvalue weighted by molar-refractivity contribution is 5.84. The Morgan fingerprint density at radius 3 is 1.71 bits per heavy atom. The zero-order valence-electron chi connectivity index (χ0n) is 7.51. The third-order valence-electron chi connectivity index (χ3n) is 2.19. The second-order valence-corrected chi connectivity index (χ2v) is 3.23. The number of carbonyl (C=O) groups excluding carboxylic acids is 2. The summed E-state index contributed by atoms with van der Waals surface area (Å²) in [6, 6.07) is 0. The molecule has 0 amide bonds. The molecule has 2 aliphatic heterocycles. The van der Waals surface area contributed by atoms with Crippen molar-refractivity contribution in [2.75, 3.05) is 0 Å². The molecule has 2 aliphatic rings. The van der Waals surface area contributed by atoms with E-state index in [0.29, 0.717) is 12.8 Å². The second kappa shape index (κ2) is 3.65. The van der Waals surface area contributed by atoms with E-state index in [4.69, 9.17) is 9.47 Å². The molecule has 0 fully saturated rings. The summed E-state index contributed by atoms with van der Waals surface area (Å²) < 4.78 is 10.1. The lowest BCUT2D eigenvalue weighted by atomic mass is 10.0. The minimum absolute atomic E-state index is 0.332. The van der Waals surface area contributed by atoms with Crippen LogP contribution in [0, 0.1) is 0 Å². The first-order chi connectivity index (χ1) is 6.75. The van der Waals surface area contributed by atoms with E-state index in [1.165, 1.54) is 12.2 Å². The molecule has 0 unspecified atom stereocenters. The normalized spacial score (nSPS) is 31.1. The lowest BCUT2D eigenvalue weighted by Crippen LogP contribution is -2.37. The SMILES string of the molecule is O=C1C=CC[C@H]([C@H]2CC=CC(=O)O2)O1. The first-order valence-electron chi connectivity index (χ1n) is 4.50. The van der Waals surface area contributed by atoms with Crippen LogP contribution in [0.15, 0.2) is 24.3 Å². The van der Waals surface area contributed by atoms with Crippen LogP contribution < -0.4 is 0 Å². The van der Waals surface area contributed by atoms with Gasteiger partial charge in [0.1, 0.15) is 12.2 Å². The molecule has 0 radical (unpaired) electrons. The van der Waals surface area contributed by atoms with Gasteiger partial charge < -0.3 is 9.47 Å². The fourth-order valence-corrected chi connectivity index (χ4v) is 1.53. The molecule has 0 N–H and O–H groups in total. The quantitative estimate of drug-likeness (QED) is 0.577. The van der Waals surface area contributed by atoms with Crippen molar-refractivity contribution < 1.29 is 19.1 Å². The summed E-state index contributed by atoms with van der Waals surface area (Å²) in [5.74, 6) is -0.737. The molecule has 0 aromatic rings. The van der Waals surface area contributed by atoms with Crippen LogP contribution in [0.2, 0.25) is 0 Å². The van der Waals surface area contributed by atoms with Crippen molar-refractivity contribution in [3.63, 3.8) is 0 Å². The van der Waals surface area contributed by atoms with Gasteiger partial charge in [-0.2, -0.15) is 0 Å². The van der Waals surface area contributed by atoms with Gasteiger partial charge in [0.2, 0.25) is 0 Å². The molecule has 2 heterocycles. The standard InChI is InChI=1S/C10H10O4/c11-9-5-1-3-7(13-9)8-4-2-6-10(12)14-8/h1-2,5-8H,3-4H2/t7-,8-/m1/s1. The summed E-state index contributed by atoms with van der Waals surface area (Å²) in [6.07, 6.45) is 6.80. The third-order valence-corrected chi connectivity index (χ3v) is 2.19. The van der Waals surface area contributed by atoms with E-state index >= 15 is 0 Å². The Kier molecular flexibility index (Phi) is 2.35. The van der Waals surface area contributed by atoms with Crippen molar-refractivity contribution in [3.8, 4) is 0 Å². The molecule has 2 atom stereocenters. The molecule has 74 valence electrons. The summed E-state index contributed by atoms with van der Waals surface area (Å²) in [7, 11) is 0. The zero-order valence-corrected chi connectivity index (χ0v) is 7.51. The maximum Gasteiger partial charge on any atom is 0.330 e. The minimum Gasteiger partial charge on any atom is -0.455 e. The minimum atomic E-state index is -0.369. The van der Waals surface area contributed by atoms with Crippen LogP contribution in [0.1, 0.15) is 12.8 Å². The summed E-state index contributed by atoms with van der Waals surface area (Å²) >= 11 is 0. The molecule has 0 saturated carbocycles. The molecule has 0 aromatic heterocycles. The first kappa shape index (κ1) is 8.99. The van der Waals surface area contributed by atoms with Crippen LogP contribution in [0.5, 0.6) is 0 Å². The predicted octanol–water partition coefficient (Wildman–Crippen LogP) is 0.730. The van der Waals surface area contributed by atoms with Crippen LogP contribution >= 0.6 is 0 Å². The number of hydrogen-bond acceptors (Lipinski definition) is 4. The fraction of sp³-hybridized carbons (Fsp3) is 0.400. The average Bonchev–Trinajstić information content (AvgIpc) is 2.18. The topological polar surface area (TPSA) is 52.6 Å². The van der Waals surface area contributed by atoms with Gasteiger partial charge in [0.25, 0.3) is 0 Å². The van der Waals surface area contributed by atoms with Crippen LogP contribution in [-0.4, -0.2) is 24.1 Å².